The summed E-state index contributed by atoms with van der Waals surface area (Å²) in [4.78, 5) is 12.0. The highest BCUT2D eigenvalue weighted by atomic mass is 79.9. The van der Waals surface area contributed by atoms with Crippen LogP contribution in [-0.2, 0) is 4.74 Å². The summed E-state index contributed by atoms with van der Waals surface area (Å²) in [6.45, 7) is 2.30. The van der Waals surface area contributed by atoms with Gasteiger partial charge in [-0.2, -0.15) is 5.26 Å². The molecule has 0 saturated carbocycles. The van der Waals surface area contributed by atoms with Crippen LogP contribution in [0.3, 0.4) is 0 Å². The predicted octanol–water partition coefficient (Wildman–Crippen LogP) is 3.53. The average Bonchev–Trinajstić information content (AvgIpc) is 2.86. The summed E-state index contributed by atoms with van der Waals surface area (Å²) in [7, 11) is 1.24. The number of nitriles is 1. The Morgan fingerprint density at radius 2 is 2.22 bits per heavy atom. The van der Waals surface area contributed by atoms with Crippen molar-refractivity contribution in [3.63, 3.8) is 0 Å². The second-order valence-corrected chi connectivity index (χ2v) is 5.71. The minimum atomic E-state index is -0.648. The highest BCUT2D eigenvalue weighted by molar-refractivity contribution is 9.10. The number of benzene rings is 1. The first kappa shape index (κ1) is 17.2. The third kappa shape index (κ3) is 3.14. The van der Waals surface area contributed by atoms with Crippen LogP contribution in [0.1, 0.15) is 23.0 Å². The smallest absolute Gasteiger partial charge is 0.357 e. The molecule has 0 aliphatic heterocycles. The summed E-state index contributed by atoms with van der Waals surface area (Å²) in [6, 6.07) is 5.27. The molecule has 0 radical (unpaired) electrons. The fourth-order valence-corrected chi connectivity index (χ4v) is 3.03. The monoisotopic (exact) mass is 397 g/mol. The number of hydrogen-bond acceptors (Lipinski definition) is 5. The molecule has 1 aromatic carbocycles. The Morgan fingerprint density at radius 3 is 2.74 bits per heavy atom. The summed E-state index contributed by atoms with van der Waals surface area (Å²) >= 11 is 9.61. The topological polar surface area (TPSA) is 90.3 Å². The van der Waals surface area contributed by atoms with Gasteiger partial charge in [0.25, 0.3) is 0 Å². The maximum atomic E-state index is 12.0. The molecule has 0 spiro atoms. The van der Waals surface area contributed by atoms with Crippen LogP contribution < -0.4 is 10.5 Å². The largest absolute Gasteiger partial charge is 0.491 e. The number of nitrogen functional groups attached to an aromatic ring is 1. The van der Waals surface area contributed by atoms with Gasteiger partial charge in [-0.1, -0.05) is 11.6 Å². The van der Waals surface area contributed by atoms with Gasteiger partial charge < -0.3 is 19.8 Å². The lowest BCUT2D eigenvalue weighted by Crippen LogP contribution is -2.11. The number of halogens is 2. The van der Waals surface area contributed by atoms with Crippen molar-refractivity contribution in [2.24, 2.45) is 0 Å². The molecule has 120 valence electrons. The molecular weight excluding hydrogens is 386 g/mol. The normalized spacial score (nSPS) is 10.2. The maximum Gasteiger partial charge on any atom is 0.357 e. The number of methoxy groups -OCH3 is 1. The fraction of sp³-hybridized carbons (Fsp3) is 0.200. The number of esters is 1. The highest BCUT2D eigenvalue weighted by Crippen LogP contribution is 2.37. The lowest BCUT2D eigenvalue weighted by atomic mass is 10.2. The van der Waals surface area contributed by atoms with Crippen molar-refractivity contribution in [1.29, 1.82) is 5.26 Å². The minimum absolute atomic E-state index is 0.0560. The molecule has 0 bridgehead atoms. The summed E-state index contributed by atoms with van der Waals surface area (Å²) in [6.07, 6.45) is 1.46. The van der Waals surface area contributed by atoms with Crippen LogP contribution in [0, 0.1) is 11.3 Å². The molecule has 6 nitrogen and oxygen atoms in total. The van der Waals surface area contributed by atoms with Gasteiger partial charge in [0.05, 0.1) is 34.5 Å². The van der Waals surface area contributed by atoms with Gasteiger partial charge in [-0.3, -0.25) is 0 Å². The van der Waals surface area contributed by atoms with E-state index in [0.717, 1.165) is 0 Å². The molecule has 0 saturated heterocycles. The van der Waals surface area contributed by atoms with E-state index in [1.54, 1.807) is 12.1 Å². The zero-order valence-electron chi connectivity index (χ0n) is 12.4. The molecule has 0 aliphatic carbocycles. The quantitative estimate of drug-likeness (QED) is 0.796. The van der Waals surface area contributed by atoms with E-state index in [9.17, 15) is 4.79 Å². The van der Waals surface area contributed by atoms with Crippen LogP contribution in [0.5, 0.6) is 5.75 Å². The molecule has 2 aromatic rings. The molecule has 0 fully saturated rings. The third-order valence-electron chi connectivity index (χ3n) is 3.09. The Kier molecular flexibility index (Phi) is 5.19. The van der Waals surface area contributed by atoms with Crippen molar-refractivity contribution in [2.75, 3.05) is 19.5 Å². The van der Waals surface area contributed by atoms with E-state index in [0.29, 0.717) is 27.5 Å². The molecule has 0 unspecified atom stereocenters. The molecule has 1 heterocycles. The van der Waals surface area contributed by atoms with Crippen molar-refractivity contribution >= 4 is 39.2 Å². The van der Waals surface area contributed by atoms with Gasteiger partial charge in [0.15, 0.2) is 11.4 Å². The standard InChI is InChI=1S/C15H13BrClN3O3/c1-3-23-14-10(16)4-9(5-11(14)17)20-7-8(6-18)12(19)13(20)15(21)22-2/h4-5,7H,3,19H2,1-2H3. The van der Waals surface area contributed by atoms with E-state index in [4.69, 9.17) is 32.1 Å². The van der Waals surface area contributed by atoms with Crippen molar-refractivity contribution in [3.05, 3.63) is 39.1 Å². The van der Waals surface area contributed by atoms with Gasteiger partial charge in [0, 0.05) is 11.9 Å². The predicted molar refractivity (Wildman–Crippen MR) is 90.1 cm³/mol. The van der Waals surface area contributed by atoms with Gasteiger partial charge in [0.1, 0.15) is 6.07 Å². The molecule has 2 N–H and O–H groups in total. The summed E-state index contributed by atoms with van der Waals surface area (Å²) < 4.78 is 12.3. The van der Waals surface area contributed by atoms with Gasteiger partial charge in [-0.05, 0) is 35.0 Å². The lowest BCUT2D eigenvalue weighted by molar-refractivity contribution is 0.0593. The Bertz CT molecular complexity index is 788. The first-order chi connectivity index (χ1) is 10.9. The molecule has 0 atom stereocenters. The molecule has 0 amide bonds. The Balaban J connectivity index is 2.68. The minimum Gasteiger partial charge on any atom is -0.491 e. The summed E-state index contributed by atoms with van der Waals surface area (Å²) in [5, 5.41) is 9.49. The number of aromatic nitrogens is 1. The van der Waals surface area contributed by atoms with Crippen molar-refractivity contribution < 1.29 is 14.3 Å². The lowest BCUT2D eigenvalue weighted by Gasteiger charge is -2.13. The Morgan fingerprint density at radius 1 is 1.52 bits per heavy atom. The van der Waals surface area contributed by atoms with E-state index in [1.807, 2.05) is 13.0 Å². The first-order valence-corrected chi connectivity index (χ1v) is 7.73. The van der Waals surface area contributed by atoms with E-state index < -0.39 is 5.97 Å². The van der Waals surface area contributed by atoms with Crippen molar-refractivity contribution in [2.45, 2.75) is 6.92 Å². The van der Waals surface area contributed by atoms with Crippen LogP contribution in [0.25, 0.3) is 5.69 Å². The Hall–Kier alpha value is -2.17. The number of carbonyl (C=O) groups is 1. The van der Waals surface area contributed by atoms with E-state index in [-0.39, 0.29) is 16.9 Å². The number of ether oxygens (including phenoxy) is 2. The number of anilines is 1. The average molecular weight is 399 g/mol. The molecule has 23 heavy (non-hydrogen) atoms. The number of nitrogens with two attached hydrogens (primary N) is 1. The molecule has 1 aromatic heterocycles. The van der Waals surface area contributed by atoms with Crippen molar-refractivity contribution in [3.8, 4) is 17.5 Å². The van der Waals surface area contributed by atoms with Crippen molar-refractivity contribution in [1.82, 2.24) is 4.57 Å². The number of nitrogens with zero attached hydrogens (tertiary/aromatic N) is 2. The summed E-state index contributed by atoms with van der Waals surface area (Å²) in [5.41, 5.74) is 6.70. The van der Waals surface area contributed by atoms with Gasteiger partial charge in [-0.15, -0.1) is 0 Å². The first-order valence-electron chi connectivity index (χ1n) is 6.56. The van der Waals surface area contributed by atoms with Gasteiger partial charge in [0.2, 0.25) is 0 Å². The third-order valence-corrected chi connectivity index (χ3v) is 3.96. The van der Waals surface area contributed by atoms with Gasteiger partial charge in [-0.25, -0.2) is 4.79 Å². The second kappa shape index (κ2) is 6.94. The zero-order chi connectivity index (χ0) is 17.1. The molecule has 8 heteroatoms. The van der Waals surface area contributed by atoms with E-state index in [1.165, 1.54) is 17.9 Å². The fourth-order valence-electron chi connectivity index (χ4n) is 2.09. The van der Waals surface area contributed by atoms with E-state index >= 15 is 0 Å². The summed E-state index contributed by atoms with van der Waals surface area (Å²) in [5.74, 6) is -0.150. The second-order valence-electron chi connectivity index (χ2n) is 4.45. The van der Waals surface area contributed by atoms with Crippen LogP contribution in [-0.4, -0.2) is 24.3 Å². The number of rotatable bonds is 4. The van der Waals surface area contributed by atoms with E-state index in [2.05, 4.69) is 15.9 Å². The molecule has 2 rings (SSSR count). The maximum absolute atomic E-state index is 12.0. The zero-order valence-corrected chi connectivity index (χ0v) is 14.7. The van der Waals surface area contributed by atoms with Crippen LogP contribution in [0.2, 0.25) is 5.02 Å². The Labute approximate surface area is 146 Å². The number of carbonyl (C=O) groups excluding carboxylic acids is 1. The molecular formula is C15H13BrClN3O3. The number of hydrogen-bond donors (Lipinski definition) is 1. The van der Waals surface area contributed by atoms with Crippen LogP contribution >= 0.6 is 27.5 Å². The van der Waals surface area contributed by atoms with Crippen LogP contribution in [0.4, 0.5) is 5.69 Å². The van der Waals surface area contributed by atoms with Gasteiger partial charge >= 0.3 is 5.97 Å². The van der Waals surface area contributed by atoms with Crippen LogP contribution in [0.15, 0.2) is 22.8 Å². The highest BCUT2D eigenvalue weighted by Gasteiger charge is 2.22. The molecule has 0 aliphatic rings. The SMILES string of the molecule is CCOc1c(Cl)cc(-n2cc(C#N)c(N)c2C(=O)OC)cc1Br.